The summed E-state index contributed by atoms with van der Waals surface area (Å²) in [5, 5.41) is 8.15. The van der Waals surface area contributed by atoms with Gasteiger partial charge in [-0.05, 0) is 57.6 Å². The Labute approximate surface area is 117 Å². The Hall–Kier alpha value is -0.830. The van der Waals surface area contributed by atoms with Crippen LogP contribution >= 0.6 is 0 Å². The van der Waals surface area contributed by atoms with Gasteiger partial charge in [0, 0.05) is 6.54 Å². The van der Waals surface area contributed by atoms with E-state index in [1.54, 1.807) is 0 Å². The number of nitrogens with one attached hydrogen (secondary N) is 1. The van der Waals surface area contributed by atoms with Crippen molar-refractivity contribution in [2.24, 2.45) is 17.8 Å². The maximum absolute atomic E-state index is 4.60. The van der Waals surface area contributed by atoms with Crippen molar-refractivity contribution >= 4 is 0 Å². The van der Waals surface area contributed by atoms with E-state index in [4.69, 9.17) is 0 Å². The Morgan fingerprint density at radius 1 is 1.37 bits per heavy atom. The molecule has 0 bridgehead atoms. The zero-order chi connectivity index (χ0) is 14.0. The molecule has 2 rings (SSSR count). The van der Waals surface area contributed by atoms with Crippen LogP contribution < -0.4 is 5.32 Å². The maximum atomic E-state index is 4.60. The second-order valence-electron chi connectivity index (χ2n) is 6.32. The van der Waals surface area contributed by atoms with E-state index in [0.717, 1.165) is 30.0 Å². The van der Waals surface area contributed by atoms with E-state index in [2.05, 4.69) is 55.9 Å². The van der Waals surface area contributed by atoms with Crippen molar-refractivity contribution in [2.75, 3.05) is 7.05 Å². The summed E-state index contributed by atoms with van der Waals surface area (Å²) in [7, 11) is 2.09. The summed E-state index contributed by atoms with van der Waals surface area (Å²) in [6.45, 7) is 10.0. The molecule has 1 aliphatic carbocycles. The number of rotatable bonds is 4. The number of aryl methyl sites for hydroxylation is 2. The molecule has 0 amide bonds. The molecule has 1 heterocycles. The number of hydrogen-bond donors (Lipinski definition) is 1. The molecule has 1 fully saturated rings. The first-order valence-electron chi connectivity index (χ1n) is 7.78. The molecule has 108 valence electrons. The predicted octanol–water partition coefficient (Wildman–Crippen LogP) is 3.54. The maximum Gasteiger partial charge on any atom is 0.0597 e. The van der Waals surface area contributed by atoms with Gasteiger partial charge >= 0.3 is 0 Å². The van der Waals surface area contributed by atoms with E-state index in [1.165, 1.54) is 25.0 Å². The summed E-state index contributed by atoms with van der Waals surface area (Å²) < 4.78 is 2.17. The summed E-state index contributed by atoms with van der Waals surface area (Å²) in [4.78, 5) is 0. The quantitative estimate of drug-likeness (QED) is 0.900. The predicted molar refractivity (Wildman–Crippen MR) is 80.1 cm³/mol. The Morgan fingerprint density at radius 3 is 2.68 bits per heavy atom. The molecule has 1 N–H and O–H groups in total. The molecule has 4 unspecified atom stereocenters. The lowest BCUT2D eigenvalue weighted by molar-refractivity contribution is 0.171. The standard InChI is InChI=1S/C16H29N3/c1-6-19-15(10-13(4)18-19)16(17-5)14-8-7-11(2)12(3)9-14/h10-12,14,16-17H,6-9H2,1-5H3. The lowest BCUT2D eigenvalue weighted by atomic mass is 9.72. The first-order valence-corrected chi connectivity index (χ1v) is 7.78. The first-order chi connectivity index (χ1) is 9.06. The SMILES string of the molecule is CCn1nc(C)cc1C(NC)C1CCC(C)C(C)C1. The fourth-order valence-corrected chi connectivity index (χ4v) is 3.59. The van der Waals surface area contributed by atoms with Gasteiger partial charge in [0.15, 0.2) is 0 Å². The van der Waals surface area contributed by atoms with Crippen molar-refractivity contribution in [3.8, 4) is 0 Å². The van der Waals surface area contributed by atoms with E-state index in [-0.39, 0.29) is 0 Å². The number of nitrogens with zero attached hydrogens (tertiary/aromatic N) is 2. The monoisotopic (exact) mass is 263 g/mol. The molecule has 0 radical (unpaired) electrons. The topological polar surface area (TPSA) is 29.9 Å². The molecule has 3 heteroatoms. The van der Waals surface area contributed by atoms with Crippen LogP contribution in [0.5, 0.6) is 0 Å². The van der Waals surface area contributed by atoms with Gasteiger partial charge in [0.1, 0.15) is 0 Å². The van der Waals surface area contributed by atoms with Crippen molar-refractivity contribution in [3.05, 3.63) is 17.5 Å². The Kier molecular flexibility index (Phi) is 4.67. The molecule has 0 saturated heterocycles. The molecule has 19 heavy (non-hydrogen) atoms. The first kappa shape index (κ1) is 14.6. The fourth-order valence-electron chi connectivity index (χ4n) is 3.59. The van der Waals surface area contributed by atoms with Crippen molar-refractivity contribution in [1.82, 2.24) is 15.1 Å². The third-order valence-corrected chi connectivity index (χ3v) is 4.97. The third-order valence-electron chi connectivity index (χ3n) is 4.97. The van der Waals surface area contributed by atoms with Crippen LogP contribution in [0.15, 0.2) is 6.07 Å². The van der Waals surface area contributed by atoms with Gasteiger partial charge in [-0.25, -0.2) is 0 Å². The van der Waals surface area contributed by atoms with E-state index in [1.807, 2.05) is 0 Å². The molecule has 4 atom stereocenters. The minimum absolute atomic E-state index is 0.455. The molecule has 1 saturated carbocycles. The van der Waals surface area contributed by atoms with Crippen LogP contribution in [0.2, 0.25) is 0 Å². The second-order valence-corrected chi connectivity index (χ2v) is 6.32. The van der Waals surface area contributed by atoms with E-state index >= 15 is 0 Å². The highest BCUT2D eigenvalue weighted by Crippen LogP contribution is 2.39. The van der Waals surface area contributed by atoms with Crippen LogP contribution in [-0.2, 0) is 6.54 Å². The van der Waals surface area contributed by atoms with Gasteiger partial charge in [0.05, 0.1) is 17.4 Å². The lowest BCUT2D eigenvalue weighted by Gasteiger charge is -2.36. The highest BCUT2D eigenvalue weighted by molar-refractivity contribution is 5.14. The Balaban J connectivity index is 2.19. The summed E-state index contributed by atoms with van der Waals surface area (Å²) in [5.41, 5.74) is 2.50. The molecule has 0 aliphatic heterocycles. The van der Waals surface area contributed by atoms with Crippen LogP contribution in [0.3, 0.4) is 0 Å². The fraction of sp³-hybridized carbons (Fsp3) is 0.812. The summed E-state index contributed by atoms with van der Waals surface area (Å²) in [6.07, 6.45) is 4.04. The highest BCUT2D eigenvalue weighted by Gasteiger charge is 2.31. The molecule has 1 aliphatic rings. The molecular formula is C16H29N3. The summed E-state index contributed by atoms with van der Waals surface area (Å²) in [6, 6.07) is 2.71. The average molecular weight is 263 g/mol. The van der Waals surface area contributed by atoms with Crippen molar-refractivity contribution in [3.63, 3.8) is 0 Å². The van der Waals surface area contributed by atoms with Crippen molar-refractivity contribution < 1.29 is 0 Å². The van der Waals surface area contributed by atoms with Crippen molar-refractivity contribution in [1.29, 1.82) is 0 Å². The van der Waals surface area contributed by atoms with Crippen LogP contribution in [0, 0.1) is 24.7 Å². The Morgan fingerprint density at radius 2 is 2.11 bits per heavy atom. The zero-order valence-corrected chi connectivity index (χ0v) is 13.1. The van der Waals surface area contributed by atoms with Gasteiger partial charge in [-0.15, -0.1) is 0 Å². The van der Waals surface area contributed by atoms with Crippen molar-refractivity contribution in [2.45, 2.75) is 59.5 Å². The average Bonchev–Trinajstić information content (AvgIpc) is 2.76. The molecule has 0 spiro atoms. The van der Waals surface area contributed by atoms with Crippen LogP contribution in [0.25, 0.3) is 0 Å². The molecule has 3 nitrogen and oxygen atoms in total. The Bertz CT molecular complexity index is 410. The number of aromatic nitrogens is 2. The number of hydrogen-bond acceptors (Lipinski definition) is 2. The second kappa shape index (κ2) is 6.08. The molecule has 0 aromatic carbocycles. The van der Waals surface area contributed by atoms with Gasteiger partial charge in [0.25, 0.3) is 0 Å². The summed E-state index contributed by atoms with van der Waals surface area (Å²) >= 11 is 0. The van der Waals surface area contributed by atoms with Gasteiger partial charge in [-0.2, -0.15) is 5.10 Å². The van der Waals surface area contributed by atoms with E-state index in [9.17, 15) is 0 Å². The lowest BCUT2D eigenvalue weighted by Crippen LogP contribution is -2.32. The minimum atomic E-state index is 0.455. The normalized spacial score (nSPS) is 29.4. The highest BCUT2D eigenvalue weighted by atomic mass is 15.3. The molecular weight excluding hydrogens is 234 g/mol. The van der Waals surface area contributed by atoms with Crippen LogP contribution in [0.1, 0.15) is 57.5 Å². The van der Waals surface area contributed by atoms with Gasteiger partial charge in [-0.3, -0.25) is 4.68 Å². The van der Waals surface area contributed by atoms with Crippen LogP contribution in [0.4, 0.5) is 0 Å². The van der Waals surface area contributed by atoms with E-state index in [0.29, 0.717) is 6.04 Å². The van der Waals surface area contributed by atoms with Crippen LogP contribution in [-0.4, -0.2) is 16.8 Å². The third kappa shape index (κ3) is 3.02. The van der Waals surface area contributed by atoms with Gasteiger partial charge in [0.2, 0.25) is 0 Å². The molecule has 1 aromatic heterocycles. The van der Waals surface area contributed by atoms with Gasteiger partial charge < -0.3 is 5.32 Å². The van der Waals surface area contributed by atoms with Gasteiger partial charge in [-0.1, -0.05) is 20.3 Å². The molecule has 1 aromatic rings. The zero-order valence-electron chi connectivity index (χ0n) is 13.1. The smallest absolute Gasteiger partial charge is 0.0597 e. The minimum Gasteiger partial charge on any atom is -0.311 e. The largest absolute Gasteiger partial charge is 0.311 e. The van der Waals surface area contributed by atoms with E-state index < -0.39 is 0 Å². The summed E-state index contributed by atoms with van der Waals surface area (Å²) in [5.74, 6) is 2.47.